The quantitative estimate of drug-likeness (QED) is 0.853. The van der Waals surface area contributed by atoms with Crippen LogP contribution in [-0.2, 0) is 9.53 Å². The van der Waals surface area contributed by atoms with Gasteiger partial charge >= 0.3 is 6.09 Å². The summed E-state index contributed by atoms with van der Waals surface area (Å²) in [6.07, 6.45) is 1.08. The number of para-hydroxylation sites is 1. The minimum Gasteiger partial charge on any atom is -0.442 e. The lowest BCUT2D eigenvalue weighted by Gasteiger charge is -2.12. The Bertz CT molecular complexity index is 772. The molecule has 1 fully saturated rings. The van der Waals surface area contributed by atoms with Crippen LogP contribution in [-0.4, -0.2) is 31.2 Å². The van der Waals surface area contributed by atoms with Crippen molar-refractivity contribution in [3.63, 3.8) is 0 Å². The first-order chi connectivity index (χ1) is 12.1. The Hall–Kier alpha value is -3.08. The van der Waals surface area contributed by atoms with Crippen LogP contribution in [0, 0.1) is 0 Å². The molecule has 0 saturated carbocycles. The van der Waals surface area contributed by atoms with Crippen molar-refractivity contribution in [1.82, 2.24) is 5.32 Å². The van der Waals surface area contributed by atoms with Gasteiger partial charge in [-0.1, -0.05) is 48.5 Å². The summed E-state index contributed by atoms with van der Waals surface area (Å²) in [5.41, 5.74) is 2.37. The molecule has 0 bridgehead atoms. The van der Waals surface area contributed by atoms with Crippen molar-refractivity contribution in [3.8, 4) is 0 Å². The molecule has 5 nitrogen and oxygen atoms in total. The fraction of sp³-hybridized carbons (Fsp3) is 0.200. The second kappa shape index (κ2) is 7.66. The number of benzene rings is 2. The van der Waals surface area contributed by atoms with Gasteiger partial charge in [-0.2, -0.15) is 0 Å². The number of ether oxygens (including phenoxy) is 1. The zero-order chi connectivity index (χ0) is 17.6. The van der Waals surface area contributed by atoms with Gasteiger partial charge in [-0.3, -0.25) is 9.69 Å². The van der Waals surface area contributed by atoms with Crippen LogP contribution in [0.25, 0.3) is 6.08 Å². The van der Waals surface area contributed by atoms with E-state index in [1.54, 1.807) is 11.8 Å². The van der Waals surface area contributed by atoms with E-state index in [1.165, 1.54) is 0 Å². The van der Waals surface area contributed by atoms with Gasteiger partial charge in [0.25, 0.3) is 0 Å². The number of amides is 2. The second-order valence-electron chi connectivity index (χ2n) is 5.90. The highest BCUT2D eigenvalue weighted by atomic mass is 16.6. The summed E-state index contributed by atoms with van der Waals surface area (Å²) in [4.78, 5) is 25.8. The molecule has 5 heteroatoms. The molecule has 1 unspecified atom stereocenters. The van der Waals surface area contributed by atoms with Gasteiger partial charge in [0.2, 0.25) is 5.91 Å². The normalized spacial score (nSPS) is 17.3. The minimum atomic E-state index is -0.387. The average Bonchev–Trinajstić information content (AvgIpc) is 3.02. The number of carbonyl (C=O) groups excluding carboxylic acids is 2. The fourth-order valence-corrected chi connectivity index (χ4v) is 2.66. The van der Waals surface area contributed by atoms with Crippen LogP contribution >= 0.6 is 0 Å². The van der Waals surface area contributed by atoms with Crippen molar-refractivity contribution >= 4 is 23.8 Å². The monoisotopic (exact) mass is 336 g/mol. The van der Waals surface area contributed by atoms with Gasteiger partial charge in [-0.05, 0) is 30.7 Å². The van der Waals surface area contributed by atoms with Crippen molar-refractivity contribution < 1.29 is 14.3 Å². The standard InChI is InChI=1S/C20H20N2O3/c1-15(12-16-8-4-2-5-9-16)19(23)21-13-18-14-22(20(24)25-18)17-10-6-3-7-11-17/h2-12,18H,13-14H2,1H3,(H,21,23)/b15-12+. The van der Waals surface area contributed by atoms with E-state index < -0.39 is 0 Å². The van der Waals surface area contributed by atoms with Crippen molar-refractivity contribution in [3.05, 3.63) is 71.8 Å². The highest BCUT2D eigenvalue weighted by Crippen LogP contribution is 2.20. The number of anilines is 1. The van der Waals surface area contributed by atoms with Gasteiger partial charge < -0.3 is 10.1 Å². The smallest absolute Gasteiger partial charge is 0.414 e. The van der Waals surface area contributed by atoms with E-state index >= 15 is 0 Å². The van der Waals surface area contributed by atoms with Gasteiger partial charge in [-0.15, -0.1) is 0 Å². The Morgan fingerprint density at radius 1 is 1.16 bits per heavy atom. The van der Waals surface area contributed by atoms with Crippen LogP contribution in [0.3, 0.4) is 0 Å². The molecular formula is C20H20N2O3. The Kier molecular flexibility index (Phi) is 5.14. The van der Waals surface area contributed by atoms with Crippen LogP contribution in [0.1, 0.15) is 12.5 Å². The third kappa shape index (κ3) is 4.26. The first-order valence-corrected chi connectivity index (χ1v) is 8.18. The second-order valence-corrected chi connectivity index (χ2v) is 5.90. The maximum atomic E-state index is 12.2. The van der Waals surface area contributed by atoms with Crippen molar-refractivity contribution in [2.75, 3.05) is 18.0 Å². The predicted molar refractivity (Wildman–Crippen MR) is 97.2 cm³/mol. The molecule has 2 aromatic rings. The van der Waals surface area contributed by atoms with Gasteiger partial charge in [0, 0.05) is 11.3 Å². The molecule has 1 aliphatic heterocycles. The van der Waals surface area contributed by atoms with Gasteiger partial charge in [0.1, 0.15) is 6.10 Å². The highest BCUT2D eigenvalue weighted by molar-refractivity contribution is 5.97. The van der Waals surface area contributed by atoms with E-state index in [0.29, 0.717) is 12.1 Å². The Morgan fingerprint density at radius 3 is 2.48 bits per heavy atom. The molecule has 1 heterocycles. The van der Waals surface area contributed by atoms with Crippen molar-refractivity contribution in [2.45, 2.75) is 13.0 Å². The summed E-state index contributed by atoms with van der Waals surface area (Å²) < 4.78 is 5.33. The van der Waals surface area contributed by atoms with Crippen LogP contribution in [0.5, 0.6) is 0 Å². The maximum absolute atomic E-state index is 12.2. The predicted octanol–water partition coefficient (Wildman–Crippen LogP) is 3.23. The molecule has 1 saturated heterocycles. The molecule has 1 N–H and O–H groups in total. The number of cyclic esters (lactones) is 1. The Labute approximate surface area is 146 Å². The maximum Gasteiger partial charge on any atom is 0.414 e. The summed E-state index contributed by atoms with van der Waals surface area (Å²) in [6, 6.07) is 19.0. The summed E-state index contributed by atoms with van der Waals surface area (Å²) in [6.45, 7) is 2.47. The van der Waals surface area contributed by atoms with E-state index in [0.717, 1.165) is 11.3 Å². The summed E-state index contributed by atoms with van der Waals surface area (Å²) in [7, 11) is 0. The highest BCUT2D eigenvalue weighted by Gasteiger charge is 2.32. The zero-order valence-corrected chi connectivity index (χ0v) is 14.0. The lowest BCUT2D eigenvalue weighted by atomic mass is 10.1. The SMILES string of the molecule is C/C(=C\c1ccccc1)C(=O)NCC1CN(c2ccccc2)C(=O)O1. The van der Waals surface area contributed by atoms with E-state index in [4.69, 9.17) is 4.74 Å². The molecule has 0 aliphatic carbocycles. The van der Waals surface area contributed by atoms with Crippen LogP contribution < -0.4 is 10.2 Å². The Morgan fingerprint density at radius 2 is 1.80 bits per heavy atom. The van der Waals surface area contributed by atoms with Crippen LogP contribution in [0.2, 0.25) is 0 Å². The van der Waals surface area contributed by atoms with E-state index in [2.05, 4.69) is 5.32 Å². The van der Waals surface area contributed by atoms with E-state index in [-0.39, 0.29) is 24.6 Å². The third-order valence-corrected chi connectivity index (χ3v) is 3.97. The van der Waals surface area contributed by atoms with Gasteiger partial charge in [0.05, 0.1) is 13.1 Å². The summed E-state index contributed by atoms with van der Waals surface area (Å²) >= 11 is 0. The molecule has 2 aromatic carbocycles. The third-order valence-electron chi connectivity index (χ3n) is 3.97. The van der Waals surface area contributed by atoms with Crippen molar-refractivity contribution in [2.24, 2.45) is 0 Å². The topological polar surface area (TPSA) is 58.6 Å². The lowest BCUT2D eigenvalue weighted by molar-refractivity contribution is -0.117. The van der Waals surface area contributed by atoms with Crippen molar-refractivity contribution in [1.29, 1.82) is 0 Å². The summed E-state index contributed by atoms with van der Waals surface area (Å²) in [5.74, 6) is -0.168. The average molecular weight is 336 g/mol. The minimum absolute atomic E-state index is 0.168. The first-order valence-electron chi connectivity index (χ1n) is 8.18. The number of hydrogen-bond acceptors (Lipinski definition) is 3. The molecule has 25 heavy (non-hydrogen) atoms. The molecule has 3 rings (SSSR count). The summed E-state index contributed by atoms with van der Waals surface area (Å²) in [5, 5.41) is 2.83. The number of nitrogens with zero attached hydrogens (tertiary/aromatic N) is 1. The Balaban J connectivity index is 1.55. The molecule has 0 spiro atoms. The molecule has 0 aromatic heterocycles. The molecule has 1 aliphatic rings. The molecule has 2 amide bonds. The number of hydrogen-bond donors (Lipinski definition) is 1. The molecular weight excluding hydrogens is 316 g/mol. The van der Waals surface area contributed by atoms with Crippen LogP contribution in [0.15, 0.2) is 66.2 Å². The molecule has 128 valence electrons. The van der Waals surface area contributed by atoms with E-state index in [9.17, 15) is 9.59 Å². The fourth-order valence-electron chi connectivity index (χ4n) is 2.66. The van der Waals surface area contributed by atoms with Crippen LogP contribution in [0.4, 0.5) is 10.5 Å². The van der Waals surface area contributed by atoms with Gasteiger partial charge in [0.15, 0.2) is 0 Å². The number of nitrogens with one attached hydrogen (secondary N) is 1. The van der Waals surface area contributed by atoms with E-state index in [1.807, 2.05) is 66.7 Å². The van der Waals surface area contributed by atoms with Gasteiger partial charge in [-0.25, -0.2) is 4.79 Å². The number of rotatable bonds is 5. The lowest BCUT2D eigenvalue weighted by Crippen LogP contribution is -2.35. The zero-order valence-electron chi connectivity index (χ0n) is 14.0. The largest absolute Gasteiger partial charge is 0.442 e. The first kappa shape index (κ1) is 16.8. The molecule has 0 radical (unpaired) electrons. The molecule has 1 atom stereocenters. The number of carbonyl (C=O) groups is 2.